The minimum Gasteiger partial charge on any atom is -0.256 e. The molecule has 1 saturated heterocycles. The molecule has 0 atom stereocenters. The third-order valence-electron chi connectivity index (χ3n) is 2.72. The quantitative estimate of drug-likeness (QED) is 0.793. The van der Waals surface area contributed by atoms with Gasteiger partial charge >= 0.3 is 10.2 Å². The second kappa shape index (κ2) is 4.01. The molecule has 0 bridgehead atoms. The first kappa shape index (κ1) is 11.9. The Labute approximate surface area is 104 Å². The Hall–Kier alpha value is -0.590. The monoisotopic (exact) mass is 304 g/mol. The summed E-state index contributed by atoms with van der Waals surface area (Å²) in [5.74, 6) is 0. The fourth-order valence-corrected chi connectivity index (χ4v) is 3.66. The highest BCUT2D eigenvalue weighted by molar-refractivity contribution is 9.10. The van der Waals surface area contributed by atoms with Gasteiger partial charge in [0.15, 0.2) is 0 Å². The van der Waals surface area contributed by atoms with Gasteiger partial charge in [-0.1, -0.05) is 15.9 Å². The maximum absolute atomic E-state index is 12.0. The van der Waals surface area contributed by atoms with Crippen LogP contribution < -0.4 is 4.31 Å². The van der Waals surface area contributed by atoms with E-state index in [-0.39, 0.29) is 0 Å². The van der Waals surface area contributed by atoms with E-state index in [1.54, 1.807) is 7.05 Å². The highest BCUT2D eigenvalue weighted by Gasteiger charge is 2.34. The van der Waals surface area contributed by atoms with Crippen LogP contribution in [0.5, 0.6) is 0 Å². The molecule has 1 aliphatic rings. The minimum atomic E-state index is -3.30. The molecule has 0 saturated carbocycles. The molecule has 1 fully saturated rings. The smallest absolute Gasteiger partial charge is 0.256 e. The van der Waals surface area contributed by atoms with E-state index in [0.29, 0.717) is 13.1 Å². The lowest BCUT2D eigenvalue weighted by Gasteiger charge is -2.20. The van der Waals surface area contributed by atoms with Crippen molar-refractivity contribution in [3.8, 4) is 0 Å². The van der Waals surface area contributed by atoms with Gasteiger partial charge in [-0.15, -0.1) is 0 Å². The van der Waals surface area contributed by atoms with E-state index in [2.05, 4.69) is 15.9 Å². The van der Waals surface area contributed by atoms with Crippen molar-refractivity contribution in [3.63, 3.8) is 0 Å². The van der Waals surface area contributed by atoms with E-state index in [4.69, 9.17) is 0 Å². The molecule has 1 heterocycles. The van der Waals surface area contributed by atoms with Crippen LogP contribution in [-0.4, -0.2) is 32.9 Å². The van der Waals surface area contributed by atoms with Crippen molar-refractivity contribution in [2.75, 3.05) is 24.4 Å². The van der Waals surface area contributed by atoms with Crippen molar-refractivity contribution in [1.82, 2.24) is 4.31 Å². The van der Waals surface area contributed by atoms with Crippen molar-refractivity contribution >= 4 is 31.8 Å². The van der Waals surface area contributed by atoms with Crippen LogP contribution in [0.2, 0.25) is 0 Å². The average Bonchev–Trinajstić information content (AvgIpc) is 2.44. The van der Waals surface area contributed by atoms with Crippen molar-refractivity contribution in [2.45, 2.75) is 6.92 Å². The molecule has 0 radical (unpaired) electrons. The first-order valence-corrected chi connectivity index (χ1v) is 7.12. The van der Waals surface area contributed by atoms with Crippen LogP contribution in [0.3, 0.4) is 0 Å². The predicted octanol–water partition coefficient (Wildman–Crippen LogP) is 1.75. The van der Waals surface area contributed by atoms with Crippen LogP contribution in [0.15, 0.2) is 22.7 Å². The van der Waals surface area contributed by atoms with Crippen LogP contribution in [0, 0.1) is 6.92 Å². The summed E-state index contributed by atoms with van der Waals surface area (Å²) in [5, 5.41) is 0. The zero-order valence-electron chi connectivity index (χ0n) is 9.14. The molecule has 1 aromatic carbocycles. The van der Waals surface area contributed by atoms with Crippen LogP contribution in [0.25, 0.3) is 0 Å². The summed E-state index contributed by atoms with van der Waals surface area (Å²) in [4.78, 5) is 0. The van der Waals surface area contributed by atoms with Gasteiger partial charge in [0.05, 0.1) is 5.69 Å². The number of hydrogen-bond acceptors (Lipinski definition) is 2. The molecule has 0 spiro atoms. The van der Waals surface area contributed by atoms with Crippen molar-refractivity contribution in [2.24, 2.45) is 0 Å². The van der Waals surface area contributed by atoms with E-state index in [0.717, 1.165) is 15.7 Å². The molecule has 1 aliphatic heterocycles. The Morgan fingerprint density at radius 3 is 2.50 bits per heavy atom. The van der Waals surface area contributed by atoms with Crippen molar-refractivity contribution < 1.29 is 8.42 Å². The van der Waals surface area contributed by atoms with Gasteiger partial charge in [-0.25, -0.2) is 0 Å². The SMILES string of the molecule is Cc1cc(Br)ccc1N1CCN(C)S1(=O)=O. The van der Waals surface area contributed by atoms with Gasteiger partial charge in [-0.2, -0.15) is 12.7 Å². The van der Waals surface area contributed by atoms with E-state index >= 15 is 0 Å². The minimum absolute atomic E-state index is 0.515. The lowest BCUT2D eigenvalue weighted by Crippen LogP contribution is -2.31. The number of nitrogens with zero attached hydrogens (tertiary/aromatic N) is 2. The molecule has 16 heavy (non-hydrogen) atoms. The summed E-state index contributed by atoms with van der Waals surface area (Å²) in [6.45, 7) is 2.97. The number of rotatable bonds is 1. The molecule has 2 rings (SSSR count). The van der Waals surface area contributed by atoms with Gasteiger partial charge in [0.25, 0.3) is 0 Å². The lowest BCUT2D eigenvalue weighted by molar-refractivity contribution is 0.511. The highest BCUT2D eigenvalue weighted by Crippen LogP contribution is 2.29. The van der Waals surface area contributed by atoms with E-state index in [1.807, 2.05) is 25.1 Å². The predicted molar refractivity (Wildman–Crippen MR) is 67.8 cm³/mol. The fourth-order valence-electron chi connectivity index (χ4n) is 1.77. The van der Waals surface area contributed by atoms with Gasteiger partial charge < -0.3 is 0 Å². The van der Waals surface area contributed by atoms with Gasteiger partial charge in [0.1, 0.15) is 0 Å². The highest BCUT2D eigenvalue weighted by atomic mass is 79.9. The maximum Gasteiger partial charge on any atom is 0.303 e. The number of anilines is 1. The molecular formula is C10H13BrN2O2S. The number of aryl methyl sites for hydroxylation is 1. The van der Waals surface area contributed by atoms with E-state index in [9.17, 15) is 8.42 Å². The number of halogens is 1. The van der Waals surface area contributed by atoms with Gasteiger partial charge in [-0.05, 0) is 30.7 Å². The number of hydrogen-bond donors (Lipinski definition) is 0. The second-order valence-corrected chi connectivity index (χ2v) is 6.71. The molecular weight excluding hydrogens is 292 g/mol. The molecule has 0 N–H and O–H groups in total. The zero-order valence-corrected chi connectivity index (χ0v) is 11.5. The van der Waals surface area contributed by atoms with E-state index in [1.165, 1.54) is 8.61 Å². The zero-order chi connectivity index (χ0) is 11.9. The third-order valence-corrected chi connectivity index (χ3v) is 5.12. The first-order chi connectivity index (χ1) is 7.43. The Bertz CT molecular complexity index is 516. The summed E-state index contributed by atoms with van der Waals surface area (Å²) in [6, 6.07) is 5.61. The van der Waals surface area contributed by atoms with Crippen molar-refractivity contribution in [1.29, 1.82) is 0 Å². The van der Waals surface area contributed by atoms with Crippen LogP contribution in [0.4, 0.5) is 5.69 Å². The molecule has 0 unspecified atom stereocenters. The molecule has 88 valence electrons. The summed E-state index contributed by atoms with van der Waals surface area (Å²) in [5.41, 5.74) is 1.71. The van der Waals surface area contributed by atoms with Gasteiger partial charge in [0, 0.05) is 24.6 Å². The largest absolute Gasteiger partial charge is 0.303 e. The third kappa shape index (κ3) is 1.85. The molecule has 0 aliphatic carbocycles. The molecule has 4 nitrogen and oxygen atoms in total. The Morgan fingerprint density at radius 1 is 1.31 bits per heavy atom. The number of benzene rings is 1. The van der Waals surface area contributed by atoms with Gasteiger partial charge in [0.2, 0.25) is 0 Å². The molecule has 0 aromatic heterocycles. The Morgan fingerprint density at radius 2 is 2.00 bits per heavy atom. The standard InChI is InChI=1S/C10H13BrN2O2S/c1-8-7-9(11)3-4-10(8)13-6-5-12(2)16(13,14)15/h3-4,7H,5-6H2,1-2H3. The van der Waals surface area contributed by atoms with Crippen LogP contribution in [-0.2, 0) is 10.2 Å². The number of likely N-dealkylation sites (N-methyl/N-ethyl adjacent to an activating group) is 1. The fraction of sp³-hybridized carbons (Fsp3) is 0.400. The summed E-state index contributed by atoms with van der Waals surface area (Å²) >= 11 is 3.37. The topological polar surface area (TPSA) is 40.6 Å². The van der Waals surface area contributed by atoms with Crippen LogP contribution >= 0.6 is 15.9 Å². The first-order valence-electron chi connectivity index (χ1n) is 4.93. The summed E-state index contributed by atoms with van der Waals surface area (Å²) < 4.78 is 27.7. The Balaban J connectivity index is 2.47. The van der Waals surface area contributed by atoms with Crippen molar-refractivity contribution in [3.05, 3.63) is 28.2 Å². The summed E-state index contributed by atoms with van der Waals surface area (Å²) in [6.07, 6.45) is 0. The van der Waals surface area contributed by atoms with Gasteiger partial charge in [-0.3, -0.25) is 4.31 Å². The van der Waals surface area contributed by atoms with E-state index < -0.39 is 10.2 Å². The Kier molecular flexibility index (Phi) is 2.98. The molecule has 0 amide bonds. The second-order valence-electron chi connectivity index (χ2n) is 3.83. The summed E-state index contributed by atoms with van der Waals surface area (Å²) in [7, 11) is -1.70. The maximum atomic E-state index is 12.0. The molecule has 1 aromatic rings. The average molecular weight is 305 g/mol. The normalized spacial score (nSPS) is 20.3. The van der Waals surface area contributed by atoms with Crippen LogP contribution in [0.1, 0.15) is 5.56 Å². The lowest BCUT2D eigenvalue weighted by atomic mass is 10.2. The molecule has 6 heteroatoms.